The first-order chi connectivity index (χ1) is 9.88. The molecule has 0 radical (unpaired) electrons. The van der Waals surface area contributed by atoms with Crippen molar-refractivity contribution in [3.8, 4) is 0 Å². The van der Waals surface area contributed by atoms with Crippen LogP contribution in [-0.2, 0) is 6.18 Å². The second kappa shape index (κ2) is 6.25. The third-order valence-corrected chi connectivity index (χ3v) is 3.28. The molecule has 2 heterocycles. The summed E-state index contributed by atoms with van der Waals surface area (Å²) in [5.41, 5.74) is -1.74. The van der Waals surface area contributed by atoms with Crippen molar-refractivity contribution >= 4 is 11.4 Å². The molecule has 0 aliphatic carbocycles. The number of anilines is 1. The summed E-state index contributed by atoms with van der Waals surface area (Å²) in [6.45, 7) is 1.39. The van der Waals surface area contributed by atoms with Crippen molar-refractivity contribution in [2.45, 2.75) is 31.5 Å². The molecular formula is C12H15F3N4O2. The summed E-state index contributed by atoms with van der Waals surface area (Å²) in [6.07, 6.45) is -1.35. The van der Waals surface area contributed by atoms with Crippen LogP contribution in [0.15, 0.2) is 12.3 Å². The van der Waals surface area contributed by atoms with Gasteiger partial charge in [0.1, 0.15) is 17.6 Å². The molecule has 0 saturated carbocycles. The van der Waals surface area contributed by atoms with Crippen molar-refractivity contribution < 1.29 is 18.1 Å². The molecule has 1 unspecified atom stereocenters. The van der Waals surface area contributed by atoms with Gasteiger partial charge in [0.05, 0.1) is 4.92 Å². The maximum Gasteiger partial charge on any atom is 0.433 e. The lowest BCUT2D eigenvalue weighted by molar-refractivity contribution is -0.384. The molecule has 1 aliphatic rings. The van der Waals surface area contributed by atoms with Crippen LogP contribution in [0.1, 0.15) is 25.0 Å². The van der Waals surface area contributed by atoms with Gasteiger partial charge < -0.3 is 10.6 Å². The van der Waals surface area contributed by atoms with Crippen molar-refractivity contribution in [2.24, 2.45) is 0 Å². The zero-order valence-electron chi connectivity index (χ0n) is 11.1. The molecular weight excluding hydrogens is 289 g/mol. The molecule has 9 heteroatoms. The third-order valence-electron chi connectivity index (χ3n) is 3.28. The number of nitro groups is 1. The predicted octanol–water partition coefficient (Wildman–Crippen LogP) is 2.56. The summed E-state index contributed by atoms with van der Waals surface area (Å²) in [6, 6.07) is 0.554. The molecule has 116 valence electrons. The van der Waals surface area contributed by atoms with Crippen LogP contribution < -0.4 is 10.6 Å². The fourth-order valence-electron chi connectivity index (χ4n) is 2.23. The summed E-state index contributed by atoms with van der Waals surface area (Å²) in [4.78, 5) is 13.3. The molecule has 2 N–H and O–H groups in total. The van der Waals surface area contributed by atoms with Gasteiger partial charge in [0.15, 0.2) is 0 Å². The van der Waals surface area contributed by atoms with Crippen LogP contribution in [0.5, 0.6) is 0 Å². The second-order valence-electron chi connectivity index (χ2n) is 4.88. The molecule has 0 amide bonds. The van der Waals surface area contributed by atoms with Crippen molar-refractivity contribution in [3.63, 3.8) is 0 Å². The average molecular weight is 304 g/mol. The predicted molar refractivity (Wildman–Crippen MR) is 70.0 cm³/mol. The highest BCUT2D eigenvalue weighted by atomic mass is 19.4. The first-order valence-corrected chi connectivity index (χ1v) is 6.57. The quantitative estimate of drug-likeness (QED) is 0.662. The minimum atomic E-state index is -4.63. The first kappa shape index (κ1) is 15.5. The monoisotopic (exact) mass is 304 g/mol. The van der Waals surface area contributed by atoms with Gasteiger partial charge in [-0.2, -0.15) is 13.2 Å². The number of nitrogens with zero attached hydrogens (tertiary/aromatic N) is 2. The molecule has 2 rings (SSSR count). The number of aromatic nitrogens is 1. The third kappa shape index (κ3) is 4.03. The topological polar surface area (TPSA) is 80.1 Å². The Balaban J connectivity index is 2.27. The van der Waals surface area contributed by atoms with E-state index in [0.29, 0.717) is 18.8 Å². The van der Waals surface area contributed by atoms with Crippen LogP contribution in [0.25, 0.3) is 0 Å². The Morgan fingerprint density at radius 2 is 2.19 bits per heavy atom. The molecule has 1 fully saturated rings. The van der Waals surface area contributed by atoms with E-state index in [2.05, 4.69) is 15.6 Å². The maximum absolute atomic E-state index is 12.7. The van der Waals surface area contributed by atoms with E-state index in [9.17, 15) is 23.3 Å². The van der Waals surface area contributed by atoms with Gasteiger partial charge in [-0.1, -0.05) is 6.42 Å². The highest BCUT2D eigenvalue weighted by molar-refractivity contribution is 5.61. The molecule has 1 saturated heterocycles. The number of rotatable bonds is 3. The summed E-state index contributed by atoms with van der Waals surface area (Å²) in [5.74, 6) is 0. The Hall–Kier alpha value is -1.90. The van der Waals surface area contributed by atoms with Gasteiger partial charge in [0.2, 0.25) is 0 Å². The van der Waals surface area contributed by atoms with Crippen molar-refractivity contribution in [2.75, 3.05) is 18.4 Å². The van der Waals surface area contributed by atoms with Gasteiger partial charge in [0.25, 0.3) is 0 Å². The fraction of sp³-hybridized carbons (Fsp3) is 0.583. The molecule has 1 atom stereocenters. The summed E-state index contributed by atoms with van der Waals surface area (Å²) in [7, 11) is 0. The number of nitrogens with one attached hydrogen (secondary N) is 2. The van der Waals surface area contributed by atoms with Crippen LogP contribution in [-0.4, -0.2) is 29.0 Å². The highest BCUT2D eigenvalue weighted by Crippen LogP contribution is 2.33. The minimum absolute atomic E-state index is 0.143. The number of pyridine rings is 1. The first-order valence-electron chi connectivity index (χ1n) is 6.57. The lowest BCUT2D eigenvalue weighted by Gasteiger charge is -2.18. The molecule has 0 bridgehead atoms. The summed E-state index contributed by atoms with van der Waals surface area (Å²) < 4.78 is 38.0. The van der Waals surface area contributed by atoms with E-state index in [1.807, 2.05) is 0 Å². The van der Waals surface area contributed by atoms with Crippen molar-refractivity contribution in [1.29, 1.82) is 0 Å². The SMILES string of the molecule is O=[N+]([O-])c1cnc(C(F)(F)F)cc1NC1CCCCNC1. The smallest absolute Gasteiger partial charge is 0.375 e. The Bertz CT molecular complexity index is 514. The summed E-state index contributed by atoms with van der Waals surface area (Å²) in [5, 5.41) is 16.9. The molecule has 6 nitrogen and oxygen atoms in total. The normalized spacial score (nSPS) is 19.9. The molecule has 1 aromatic rings. The van der Waals surface area contributed by atoms with Gasteiger partial charge in [0, 0.05) is 12.6 Å². The van der Waals surface area contributed by atoms with Gasteiger partial charge in [-0.15, -0.1) is 0 Å². The zero-order valence-corrected chi connectivity index (χ0v) is 11.1. The molecule has 1 aliphatic heterocycles. The van der Waals surface area contributed by atoms with Gasteiger partial charge in [-0.25, -0.2) is 4.98 Å². The molecule has 0 aromatic carbocycles. The van der Waals surface area contributed by atoms with E-state index >= 15 is 0 Å². The zero-order chi connectivity index (χ0) is 15.5. The largest absolute Gasteiger partial charge is 0.433 e. The lowest BCUT2D eigenvalue weighted by Crippen LogP contribution is -2.31. The average Bonchev–Trinajstić information content (AvgIpc) is 2.66. The fourth-order valence-corrected chi connectivity index (χ4v) is 2.23. The van der Waals surface area contributed by atoms with Crippen molar-refractivity contribution in [1.82, 2.24) is 10.3 Å². The van der Waals surface area contributed by atoms with Crippen LogP contribution in [0.4, 0.5) is 24.5 Å². The Labute approximate surface area is 118 Å². The van der Waals surface area contributed by atoms with Crippen LogP contribution in [0, 0.1) is 10.1 Å². The van der Waals surface area contributed by atoms with Crippen LogP contribution in [0.2, 0.25) is 0 Å². The van der Waals surface area contributed by atoms with Crippen LogP contribution >= 0.6 is 0 Å². The van der Waals surface area contributed by atoms with E-state index in [1.54, 1.807) is 0 Å². The van der Waals surface area contributed by atoms with Crippen molar-refractivity contribution in [3.05, 3.63) is 28.1 Å². The Morgan fingerprint density at radius 1 is 1.43 bits per heavy atom. The molecule has 21 heavy (non-hydrogen) atoms. The number of alkyl halides is 3. The van der Waals surface area contributed by atoms with Crippen LogP contribution in [0.3, 0.4) is 0 Å². The van der Waals surface area contributed by atoms with E-state index < -0.39 is 22.5 Å². The highest BCUT2D eigenvalue weighted by Gasteiger charge is 2.34. The summed E-state index contributed by atoms with van der Waals surface area (Å²) >= 11 is 0. The maximum atomic E-state index is 12.7. The second-order valence-corrected chi connectivity index (χ2v) is 4.88. The van der Waals surface area contributed by atoms with E-state index in [4.69, 9.17) is 0 Å². The molecule has 0 spiro atoms. The molecule has 1 aromatic heterocycles. The van der Waals surface area contributed by atoms with E-state index in [1.165, 1.54) is 0 Å². The van der Waals surface area contributed by atoms with E-state index in [-0.39, 0.29) is 11.7 Å². The Morgan fingerprint density at radius 3 is 2.86 bits per heavy atom. The number of halogens is 3. The minimum Gasteiger partial charge on any atom is -0.375 e. The van der Waals surface area contributed by atoms with E-state index in [0.717, 1.165) is 25.8 Å². The van der Waals surface area contributed by atoms with Gasteiger partial charge in [-0.3, -0.25) is 10.1 Å². The van der Waals surface area contributed by atoms with Gasteiger partial charge in [-0.05, 0) is 25.5 Å². The lowest BCUT2D eigenvalue weighted by atomic mass is 10.1. The van der Waals surface area contributed by atoms with Gasteiger partial charge >= 0.3 is 11.9 Å². The standard InChI is InChI=1S/C12H15F3N4O2/c13-12(14,15)11-5-9(10(7-17-11)19(20)21)18-8-3-1-2-4-16-6-8/h5,7-8,16H,1-4,6H2,(H,17,18). The number of hydrogen-bond donors (Lipinski definition) is 2. The Kier molecular flexibility index (Phi) is 4.61. The number of hydrogen-bond acceptors (Lipinski definition) is 5.